The summed E-state index contributed by atoms with van der Waals surface area (Å²) >= 11 is 0. The van der Waals surface area contributed by atoms with E-state index in [9.17, 15) is 12.8 Å². The molecule has 0 fully saturated rings. The Morgan fingerprint density at radius 2 is 1.59 bits per heavy atom. The molecule has 0 aliphatic rings. The third kappa shape index (κ3) is 4.26. The number of sulfone groups is 1. The summed E-state index contributed by atoms with van der Waals surface area (Å²) < 4.78 is 38.1. The van der Waals surface area contributed by atoms with Crippen LogP contribution in [0.1, 0.15) is 12.0 Å². The minimum absolute atomic E-state index is 0.0704. The second-order valence-corrected chi connectivity index (χ2v) is 6.84. The summed E-state index contributed by atoms with van der Waals surface area (Å²) in [6.07, 6.45) is 2.12. The van der Waals surface area contributed by atoms with E-state index in [-0.39, 0.29) is 4.90 Å². The van der Waals surface area contributed by atoms with Crippen molar-refractivity contribution in [3.05, 3.63) is 77.5 Å². The first-order valence-electron chi connectivity index (χ1n) is 6.97. The van der Waals surface area contributed by atoms with Crippen molar-refractivity contribution >= 4 is 9.84 Å². The molecule has 1 atom stereocenters. The lowest BCUT2D eigenvalue weighted by Gasteiger charge is -2.08. The summed E-state index contributed by atoms with van der Waals surface area (Å²) in [6, 6.07) is 16.5. The molecular formula is C17H18FNO2S. The number of benzene rings is 2. The Balaban J connectivity index is 2.05. The third-order valence-electron chi connectivity index (χ3n) is 3.26. The molecule has 0 spiro atoms. The van der Waals surface area contributed by atoms with Crippen LogP contribution in [0.15, 0.2) is 76.8 Å². The number of rotatable bonds is 6. The van der Waals surface area contributed by atoms with Crippen LogP contribution < -0.4 is 5.73 Å². The Labute approximate surface area is 130 Å². The highest BCUT2D eigenvalue weighted by Crippen LogP contribution is 2.20. The molecule has 0 aromatic heterocycles. The molecule has 1 unspecified atom stereocenters. The Bertz CT molecular complexity index is 728. The van der Waals surface area contributed by atoms with Crippen molar-refractivity contribution in [2.75, 3.05) is 0 Å². The van der Waals surface area contributed by atoms with Crippen LogP contribution in [0, 0.1) is 0 Å². The Morgan fingerprint density at radius 3 is 2.18 bits per heavy atom. The van der Waals surface area contributed by atoms with Gasteiger partial charge in [-0.2, -0.15) is 4.39 Å². The van der Waals surface area contributed by atoms with Gasteiger partial charge in [-0.05, 0) is 36.6 Å². The van der Waals surface area contributed by atoms with Crippen LogP contribution >= 0.6 is 0 Å². The summed E-state index contributed by atoms with van der Waals surface area (Å²) in [4.78, 5) is -0.0704. The van der Waals surface area contributed by atoms with Crippen molar-refractivity contribution in [1.82, 2.24) is 0 Å². The zero-order valence-corrected chi connectivity index (χ0v) is 12.8. The lowest BCUT2D eigenvalue weighted by Crippen LogP contribution is -2.19. The zero-order valence-electron chi connectivity index (χ0n) is 12.0. The third-order valence-corrected chi connectivity index (χ3v) is 4.81. The molecule has 0 saturated carbocycles. The van der Waals surface area contributed by atoms with Gasteiger partial charge in [0.25, 0.3) is 0 Å². The Kier molecular flexibility index (Phi) is 5.46. The maximum Gasteiger partial charge on any atom is 0.233 e. The van der Waals surface area contributed by atoms with Crippen LogP contribution in [0.2, 0.25) is 0 Å². The molecule has 0 aliphatic carbocycles. The smallest absolute Gasteiger partial charge is 0.233 e. The van der Waals surface area contributed by atoms with Gasteiger partial charge in [0.2, 0.25) is 15.0 Å². The zero-order chi connectivity index (χ0) is 16.0. The number of hydrogen-bond acceptors (Lipinski definition) is 3. The number of hydrogen-bond donors (Lipinski definition) is 1. The lowest BCUT2D eigenvalue weighted by atomic mass is 10.1. The molecule has 2 aromatic carbocycles. The largest absolute Gasteiger partial charge is 0.324 e. The summed E-state index contributed by atoms with van der Waals surface area (Å²) in [7, 11) is -4.10. The molecule has 0 radical (unpaired) electrons. The maximum atomic E-state index is 14.0. The molecule has 0 heterocycles. The van der Waals surface area contributed by atoms with Gasteiger partial charge in [0.05, 0.1) is 4.90 Å². The molecule has 0 amide bonds. The molecule has 0 saturated heterocycles. The monoisotopic (exact) mass is 319 g/mol. The van der Waals surface area contributed by atoms with Crippen LogP contribution in [0.25, 0.3) is 0 Å². The van der Waals surface area contributed by atoms with E-state index in [0.717, 1.165) is 11.6 Å². The number of halogens is 1. The maximum absolute atomic E-state index is 14.0. The van der Waals surface area contributed by atoms with Gasteiger partial charge in [0, 0.05) is 6.04 Å². The predicted molar refractivity (Wildman–Crippen MR) is 85.6 cm³/mol. The fourth-order valence-corrected chi connectivity index (χ4v) is 3.13. The van der Waals surface area contributed by atoms with Crippen LogP contribution in [0.4, 0.5) is 4.39 Å². The van der Waals surface area contributed by atoms with Crippen LogP contribution in [0.5, 0.6) is 0 Å². The van der Waals surface area contributed by atoms with Gasteiger partial charge in [-0.25, -0.2) is 8.42 Å². The van der Waals surface area contributed by atoms with Gasteiger partial charge < -0.3 is 5.73 Å². The molecular weight excluding hydrogens is 301 g/mol. The van der Waals surface area contributed by atoms with Crippen molar-refractivity contribution in [3.63, 3.8) is 0 Å². The van der Waals surface area contributed by atoms with E-state index in [4.69, 9.17) is 5.73 Å². The van der Waals surface area contributed by atoms with E-state index in [1.54, 1.807) is 18.2 Å². The Morgan fingerprint density at radius 1 is 1.05 bits per heavy atom. The SMILES string of the molecule is NC(C=C(F)S(=O)(=O)c1ccccc1)CCc1ccccc1. The molecule has 0 aliphatic heterocycles. The highest BCUT2D eigenvalue weighted by Gasteiger charge is 2.21. The van der Waals surface area contributed by atoms with E-state index in [0.29, 0.717) is 12.8 Å². The van der Waals surface area contributed by atoms with Crippen molar-refractivity contribution in [2.45, 2.75) is 23.8 Å². The van der Waals surface area contributed by atoms with Crippen molar-refractivity contribution in [1.29, 1.82) is 0 Å². The average molecular weight is 319 g/mol. The first kappa shape index (κ1) is 16.4. The lowest BCUT2D eigenvalue weighted by molar-refractivity contribution is 0.572. The van der Waals surface area contributed by atoms with Gasteiger partial charge in [-0.3, -0.25) is 0 Å². The van der Waals surface area contributed by atoms with Crippen molar-refractivity contribution in [2.24, 2.45) is 5.73 Å². The normalized spacial score (nSPS) is 13.8. The van der Waals surface area contributed by atoms with E-state index >= 15 is 0 Å². The highest BCUT2D eigenvalue weighted by atomic mass is 32.2. The molecule has 116 valence electrons. The average Bonchev–Trinajstić information content (AvgIpc) is 2.54. The summed E-state index contributed by atoms with van der Waals surface area (Å²) in [5.41, 5.74) is 6.90. The predicted octanol–water partition coefficient (Wildman–Crippen LogP) is 3.23. The number of aryl methyl sites for hydroxylation is 1. The van der Waals surface area contributed by atoms with Gasteiger partial charge in [-0.15, -0.1) is 0 Å². The molecule has 22 heavy (non-hydrogen) atoms. The van der Waals surface area contributed by atoms with Gasteiger partial charge in [0.1, 0.15) is 0 Å². The van der Waals surface area contributed by atoms with Crippen LogP contribution in [-0.4, -0.2) is 14.5 Å². The molecule has 2 rings (SSSR count). The fraction of sp³-hybridized carbons (Fsp3) is 0.176. The summed E-state index contributed by atoms with van der Waals surface area (Å²) in [5.74, 6) is 0. The minimum Gasteiger partial charge on any atom is -0.324 e. The van der Waals surface area contributed by atoms with Crippen molar-refractivity contribution in [3.8, 4) is 0 Å². The van der Waals surface area contributed by atoms with Gasteiger partial charge >= 0.3 is 0 Å². The summed E-state index contributed by atoms with van der Waals surface area (Å²) in [6.45, 7) is 0. The number of nitrogens with two attached hydrogens (primary N) is 1. The second-order valence-electron chi connectivity index (χ2n) is 4.98. The van der Waals surface area contributed by atoms with Crippen molar-refractivity contribution < 1.29 is 12.8 Å². The fourth-order valence-electron chi connectivity index (χ4n) is 2.03. The molecule has 0 bridgehead atoms. The van der Waals surface area contributed by atoms with E-state index in [1.165, 1.54) is 12.1 Å². The molecule has 3 nitrogen and oxygen atoms in total. The molecule has 5 heteroatoms. The van der Waals surface area contributed by atoms with Gasteiger partial charge in [0.15, 0.2) is 0 Å². The van der Waals surface area contributed by atoms with Crippen LogP contribution in [0.3, 0.4) is 0 Å². The minimum atomic E-state index is -4.10. The molecule has 2 aromatic rings. The quantitative estimate of drug-likeness (QED) is 0.889. The second kappa shape index (κ2) is 7.33. The van der Waals surface area contributed by atoms with E-state index in [2.05, 4.69) is 0 Å². The topological polar surface area (TPSA) is 60.2 Å². The first-order chi connectivity index (χ1) is 10.5. The Hall–Kier alpha value is -1.98. The summed E-state index contributed by atoms with van der Waals surface area (Å²) in [5, 5.41) is -1.20. The molecule has 2 N–H and O–H groups in total. The highest BCUT2D eigenvalue weighted by molar-refractivity contribution is 7.95. The van der Waals surface area contributed by atoms with Crippen LogP contribution in [-0.2, 0) is 16.3 Å². The van der Waals surface area contributed by atoms with Gasteiger partial charge in [-0.1, -0.05) is 48.5 Å². The van der Waals surface area contributed by atoms with E-state index < -0.39 is 21.0 Å². The standard InChI is InChI=1S/C17H18FNO2S/c18-17(22(20,21)16-9-5-2-6-10-16)13-15(19)12-11-14-7-3-1-4-8-14/h1-10,13,15H,11-12,19H2. The first-order valence-corrected chi connectivity index (χ1v) is 8.45. The van der Waals surface area contributed by atoms with E-state index in [1.807, 2.05) is 30.3 Å².